The molecule has 0 bridgehead atoms. The molecule has 1 unspecified atom stereocenters. The molecule has 1 saturated heterocycles. The third-order valence-corrected chi connectivity index (χ3v) is 7.06. The maximum atomic E-state index is 15.0. The normalized spacial score (nSPS) is 18.1. The van der Waals surface area contributed by atoms with Crippen LogP contribution in [0.5, 0.6) is 0 Å². The highest BCUT2D eigenvalue weighted by Crippen LogP contribution is 2.37. The Morgan fingerprint density at radius 1 is 1.03 bits per heavy atom. The zero-order chi connectivity index (χ0) is 24.2. The Hall–Kier alpha value is -3.32. The van der Waals surface area contributed by atoms with Crippen LogP contribution in [0.15, 0.2) is 47.3 Å². The van der Waals surface area contributed by atoms with Gasteiger partial charge in [0, 0.05) is 36.1 Å². The minimum Gasteiger partial charge on any atom is -0.340 e. The van der Waals surface area contributed by atoms with Crippen LogP contribution in [0.4, 0.5) is 10.3 Å². The molecule has 174 valence electrons. The van der Waals surface area contributed by atoms with Gasteiger partial charge in [-0.25, -0.2) is 19.3 Å². The molecule has 2 aromatic carbocycles. The first-order chi connectivity index (χ1) is 16.2. The Kier molecular flexibility index (Phi) is 5.40. The molecule has 0 N–H and O–H groups in total. The molecular weight excluding hydrogens is 453 g/mol. The van der Waals surface area contributed by atoms with Crippen LogP contribution in [0.2, 0.25) is 5.02 Å². The Balaban J connectivity index is 1.66. The lowest BCUT2D eigenvalue weighted by Crippen LogP contribution is -2.30. The van der Waals surface area contributed by atoms with Crippen LogP contribution in [0, 0.1) is 19.7 Å². The van der Waals surface area contributed by atoms with Gasteiger partial charge in [0.1, 0.15) is 22.9 Å². The average molecular weight is 478 g/mol. The molecule has 3 heterocycles. The van der Waals surface area contributed by atoms with Crippen LogP contribution in [0.3, 0.4) is 0 Å². The second-order valence-corrected chi connectivity index (χ2v) is 9.75. The van der Waals surface area contributed by atoms with Gasteiger partial charge in [-0.1, -0.05) is 48.4 Å². The van der Waals surface area contributed by atoms with E-state index in [-0.39, 0.29) is 32.6 Å². The summed E-state index contributed by atoms with van der Waals surface area (Å²) in [6.45, 7) is 7.43. The van der Waals surface area contributed by atoms with E-state index in [1.165, 1.54) is 21.8 Å². The maximum Gasteiger partial charge on any atom is 0.279 e. The Morgan fingerprint density at radius 2 is 1.76 bits per heavy atom. The van der Waals surface area contributed by atoms with Crippen LogP contribution < -0.4 is 10.5 Å². The van der Waals surface area contributed by atoms with Crippen molar-refractivity contribution in [3.05, 3.63) is 80.6 Å². The summed E-state index contributed by atoms with van der Waals surface area (Å²) in [7, 11) is 1.65. The SMILES string of the molecule is Cc1ccc(C2(C)CCN(c3nc(-c4ccc(Cl)cc4F)c4nc(C)n(C)c(=O)c4n3)C2)cc1. The van der Waals surface area contributed by atoms with Crippen molar-refractivity contribution < 1.29 is 4.39 Å². The fourth-order valence-corrected chi connectivity index (χ4v) is 4.73. The fourth-order valence-electron chi connectivity index (χ4n) is 4.57. The van der Waals surface area contributed by atoms with Crippen LogP contribution >= 0.6 is 11.6 Å². The zero-order valence-electron chi connectivity index (χ0n) is 19.6. The van der Waals surface area contributed by atoms with Crippen LogP contribution in [-0.4, -0.2) is 32.6 Å². The van der Waals surface area contributed by atoms with Gasteiger partial charge < -0.3 is 4.90 Å². The first-order valence-corrected chi connectivity index (χ1v) is 11.6. The first-order valence-electron chi connectivity index (χ1n) is 11.2. The Morgan fingerprint density at radius 3 is 2.47 bits per heavy atom. The maximum absolute atomic E-state index is 15.0. The second kappa shape index (κ2) is 8.17. The van der Waals surface area contributed by atoms with Crippen LogP contribution in [-0.2, 0) is 12.5 Å². The third kappa shape index (κ3) is 3.74. The molecule has 5 rings (SSSR count). The molecule has 2 aromatic heterocycles. The quantitative estimate of drug-likeness (QED) is 0.417. The number of hydrogen-bond acceptors (Lipinski definition) is 5. The van der Waals surface area contributed by atoms with Gasteiger partial charge >= 0.3 is 0 Å². The van der Waals surface area contributed by atoms with E-state index in [1.807, 2.05) is 0 Å². The van der Waals surface area contributed by atoms with Crippen molar-refractivity contribution in [3.8, 4) is 11.3 Å². The number of rotatable bonds is 3. The van der Waals surface area contributed by atoms with Crippen molar-refractivity contribution in [2.45, 2.75) is 32.6 Å². The highest BCUT2D eigenvalue weighted by atomic mass is 35.5. The van der Waals surface area contributed by atoms with Crippen molar-refractivity contribution in [2.24, 2.45) is 7.05 Å². The summed E-state index contributed by atoms with van der Waals surface area (Å²) in [5.74, 6) is 0.373. The molecule has 1 atom stereocenters. The molecule has 34 heavy (non-hydrogen) atoms. The summed E-state index contributed by atoms with van der Waals surface area (Å²) in [4.78, 5) is 29.1. The topological polar surface area (TPSA) is 63.9 Å². The zero-order valence-corrected chi connectivity index (χ0v) is 20.3. The molecule has 0 aliphatic carbocycles. The molecule has 4 aromatic rings. The summed E-state index contributed by atoms with van der Waals surface area (Å²) in [6, 6.07) is 13.0. The van der Waals surface area contributed by atoms with Crippen LogP contribution in [0.25, 0.3) is 22.3 Å². The largest absolute Gasteiger partial charge is 0.340 e. The lowest BCUT2D eigenvalue weighted by Gasteiger charge is -2.25. The Labute approximate surface area is 202 Å². The van der Waals surface area contributed by atoms with Gasteiger partial charge in [0.2, 0.25) is 5.95 Å². The molecule has 6 nitrogen and oxygen atoms in total. The standard InChI is InChI=1S/C26H25ClFN5O/c1-15-5-7-17(8-6-15)26(3)11-12-33(14-26)25-30-21(19-10-9-18(27)13-20(19)28)22-23(31-25)24(34)32(4)16(2)29-22/h5-10,13H,11-12,14H2,1-4H3. The number of benzene rings is 2. The highest BCUT2D eigenvalue weighted by Gasteiger charge is 2.37. The van der Waals surface area contributed by atoms with Crippen molar-refractivity contribution in [1.29, 1.82) is 0 Å². The Bertz CT molecular complexity index is 1480. The molecule has 8 heteroatoms. The highest BCUT2D eigenvalue weighted by molar-refractivity contribution is 6.30. The van der Waals surface area contributed by atoms with Gasteiger partial charge in [-0.2, -0.15) is 0 Å². The lowest BCUT2D eigenvalue weighted by atomic mass is 9.81. The molecule has 1 fully saturated rings. The van der Waals surface area contributed by atoms with Gasteiger partial charge in [-0.15, -0.1) is 0 Å². The second-order valence-electron chi connectivity index (χ2n) is 9.32. The molecule has 1 aliphatic rings. The van der Waals surface area contributed by atoms with E-state index >= 15 is 0 Å². The third-order valence-electron chi connectivity index (χ3n) is 6.83. The lowest BCUT2D eigenvalue weighted by molar-refractivity contribution is 0.530. The minimum atomic E-state index is -0.524. The van der Waals surface area contributed by atoms with Crippen molar-refractivity contribution >= 4 is 28.6 Å². The van der Waals surface area contributed by atoms with E-state index in [1.54, 1.807) is 26.1 Å². The van der Waals surface area contributed by atoms with Crippen molar-refractivity contribution in [1.82, 2.24) is 19.5 Å². The number of nitrogens with zero attached hydrogens (tertiary/aromatic N) is 5. The van der Waals surface area contributed by atoms with Gasteiger partial charge in [-0.05, 0) is 44.0 Å². The molecule has 0 saturated carbocycles. The summed E-state index contributed by atoms with van der Waals surface area (Å²) >= 11 is 5.98. The van der Waals surface area contributed by atoms with Crippen molar-refractivity contribution in [3.63, 3.8) is 0 Å². The van der Waals surface area contributed by atoms with Gasteiger partial charge in [0.25, 0.3) is 5.56 Å². The molecule has 0 radical (unpaired) electrons. The number of halogens is 2. The smallest absolute Gasteiger partial charge is 0.279 e. The monoisotopic (exact) mass is 477 g/mol. The molecule has 0 spiro atoms. The van der Waals surface area contributed by atoms with E-state index in [0.717, 1.165) is 13.0 Å². The summed E-state index contributed by atoms with van der Waals surface area (Å²) in [5, 5.41) is 0.285. The van der Waals surface area contributed by atoms with E-state index in [2.05, 4.69) is 53.0 Å². The van der Waals surface area contributed by atoms with E-state index < -0.39 is 5.82 Å². The van der Waals surface area contributed by atoms with Crippen LogP contribution in [0.1, 0.15) is 30.3 Å². The summed E-state index contributed by atoms with van der Waals surface area (Å²) in [6.07, 6.45) is 0.909. The van der Waals surface area contributed by atoms with Crippen molar-refractivity contribution in [2.75, 3.05) is 18.0 Å². The number of hydrogen-bond donors (Lipinski definition) is 0. The predicted octanol–water partition coefficient (Wildman–Crippen LogP) is 4.97. The first kappa shape index (κ1) is 22.5. The molecular formula is C26H25ClFN5O. The van der Waals surface area contributed by atoms with E-state index in [9.17, 15) is 9.18 Å². The minimum absolute atomic E-state index is 0.0891. The predicted molar refractivity (Wildman–Crippen MR) is 133 cm³/mol. The number of aryl methyl sites for hydroxylation is 2. The van der Waals surface area contributed by atoms with Gasteiger partial charge in [0.15, 0.2) is 5.52 Å². The van der Waals surface area contributed by atoms with E-state index in [0.29, 0.717) is 24.0 Å². The molecule has 1 aliphatic heterocycles. The van der Waals surface area contributed by atoms with E-state index in [4.69, 9.17) is 16.6 Å². The van der Waals surface area contributed by atoms with Gasteiger partial charge in [-0.3, -0.25) is 9.36 Å². The number of fused-ring (bicyclic) bond motifs is 1. The molecule has 0 amide bonds. The average Bonchev–Trinajstić information content (AvgIpc) is 3.21. The summed E-state index contributed by atoms with van der Waals surface area (Å²) in [5.41, 5.74) is 3.07. The number of anilines is 1. The number of aromatic nitrogens is 4. The van der Waals surface area contributed by atoms with Gasteiger partial charge in [0.05, 0.1) is 0 Å². The summed E-state index contributed by atoms with van der Waals surface area (Å²) < 4.78 is 16.4. The fraction of sp³-hybridized carbons (Fsp3) is 0.308.